The van der Waals surface area contributed by atoms with Crippen molar-refractivity contribution >= 4 is 43.3 Å². The number of hydrazine groups is 1. The number of nitrogens with one attached hydrogen (secondary N) is 2. The van der Waals surface area contributed by atoms with Gasteiger partial charge in [0.2, 0.25) is 0 Å². The molecule has 0 saturated carbocycles. The summed E-state index contributed by atoms with van der Waals surface area (Å²) in [5.74, 6) is -0.248. The molecule has 0 unspecified atom stereocenters. The van der Waals surface area contributed by atoms with Gasteiger partial charge in [-0.05, 0) is 34.6 Å². The van der Waals surface area contributed by atoms with Gasteiger partial charge in [0.05, 0.1) is 4.88 Å². The van der Waals surface area contributed by atoms with Crippen LogP contribution in [0.3, 0.4) is 0 Å². The zero-order valence-corrected chi connectivity index (χ0v) is 16.4. The molecule has 0 aliphatic heterocycles. The summed E-state index contributed by atoms with van der Waals surface area (Å²) in [6.45, 7) is 9.08. The molecule has 0 atom stereocenters. The average Bonchev–Trinajstić information content (AvgIpc) is 2.93. The van der Waals surface area contributed by atoms with Crippen molar-refractivity contribution in [3.8, 4) is 0 Å². The monoisotopic (exact) mass is 402 g/mol. The number of carbonyl (C=O) groups excluding carboxylic acids is 1. The number of aryl methyl sites for hydroxylation is 1. The molecule has 2 aromatic heterocycles. The summed E-state index contributed by atoms with van der Waals surface area (Å²) in [5.41, 5.74) is 10.5. The standard InChI is InChI=1S/C10H10BrN3O2S.C3H7N.C2H6/c1-12-13-9(15)7-3-5-6(11)4-14(2)10(16)8(5)17-7;1-3(2)4;1-2/h3-4,12H,1-2H3,(H,13,15);1,4H2,2H3;1-2H3. The van der Waals surface area contributed by atoms with Crippen LogP contribution >= 0.6 is 27.3 Å². The van der Waals surface area contributed by atoms with Gasteiger partial charge in [-0.1, -0.05) is 20.4 Å². The molecule has 0 spiro atoms. The van der Waals surface area contributed by atoms with E-state index in [1.165, 1.54) is 15.9 Å². The SMILES string of the molecule is C=C(C)N.CC.CNNC(=O)c1cc2c(Br)cn(C)c(=O)c2s1. The van der Waals surface area contributed by atoms with Gasteiger partial charge in [-0.25, -0.2) is 5.43 Å². The molecule has 2 rings (SSSR count). The molecule has 2 heterocycles. The quantitative estimate of drug-likeness (QED) is 0.673. The maximum atomic E-state index is 11.9. The Balaban J connectivity index is 0.000000705. The van der Waals surface area contributed by atoms with Gasteiger partial charge in [-0.2, -0.15) is 0 Å². The van der Waals surface area contributed by atoms with E-state index in [2.05, 4.69) is 33.4 Å². The van der Waals surface area contributed by atoms with Crippen LogP contribution in [-0.2, 0) is 7.05 Å². The number of rotatable bonds is 2. The molecule has 4 N–H and O–H groups in total. The van der Waals surface area contributed by atoms with Crippen molar-refractivity contribution in [1.29, 1.82) is 0 Å². The molecule has 8 heteroatoms. The Bertz CT molecular complexity index is 733. The van der Waals surface area contributed by atoms with Crippen molar-refractivity contribution in [2.45, 2.75) is 20.8 Å². The van der Waals surface area contributed by atoms with Crippen LogP contribution in [0.4, 0.5) is 0 Å². The van der Waals surface area contributed by atoms with Crippen molar-refractivity contribution in [3.05, 3.63) is 44.2 Å². The van der Waals surface area contributed by atoms with Crippen molar-refractivity contribution < 1.29 is 4.79 Å². The van der Waals surface area contributed by atoms with E-state index in [0.717, 1.165) is 9.86 Å². The van der Waals surface area contributed by atoms with Crippen molar-refractivity contribution in [2.24, 2.45) is 12.8 Å². The van der Waals surface area contributed by atoms with Crippen LogP contribution in [0, 0.1) is 0 Å². The topological polar surface area (TPSA) is 89.2 Å². The third-order valence-corrected chi connectivity index (χ3v) is 4.03. The van der Waals surface area contributed by atoms with Gasteiger partial charge in [0.25, 0.3) is 11.5 Å². The van der Waals surface area contributed by atoms with Gasteiger partial charge < -0.3 is 10.3 Å². The molecule has 1 amide bonds. The van der Waals surface area contributed by atoms with Crippen LogP contribution in [0.5, 0.6) is 0 Å². The van der Waals surface area contributed by atoms with E-state index >= 15 is 0 Å². The first kappa shape index (κ1) is 21.4. The largest absolute Gasteiger partial charge is 0.403 e. The minimum Gasteiger partial charge on any atom is -0.403 e. The summed E-state index contributed by atoms with van der Waals surface area (Å²) in [5, 5.41) is 0.763. The maximum Gasteiger partial charge on any atom is 0.275 e. The molecule has 23 heavy (non-hydrogen) atoms. The number of thiophene rings is 1. The molecule has 0 saturated heterocycles. The van der Waals surface area contributed by atoms with Gasteiger partial charge >= 0.3 is 0 Å². The highest BCUT2D eigenvalue weighted by molar-refractivity contribution is 9.10. The van der Waals surface area contributed by atoms with Crippen LogP contribution in [0.25, 0.3) is 10.1 Å². The third kappa shape index (κ3) is 6.17. The fourth-order valence-electron chi connectivity index (χ4n) is 1.47. The van der Waals surface area contributed by atoms with Gasteiger partial charge in [0, 0.05) is 30.2 Å². The van der Waals surface area contributed by atoms with Crippen molar-refractivity contribution in [1.82, 2.24) is 15.4 Å². The van der Waals surface area contributed by atoms with Crippen LogP contribution in [0.15, 0.2) is 33.8 Å². The Morgan fingerprint density at radius 1 is 1.43 bits per heavy atom. The van der Waals surface area contributed by atoms with E-state index < -0.39 is 0 Å². The Morgan fingerprint density at radius 3 is 2.43 bits per heavy atom. The molecule has 0 radical (unpaired) electrons. The van der Waals surface area contributed by atoms with Crippen LogP contribution in [0.1, 0.15) is 30.4 Å². The first-order chi connectivity index (χ1) is 10.8. The minimum atomic E-state index is -0.248. The first-order valence-electron chi connectivity index (χ1n) is 6.94. The molecular weight excluding hydrogens is 380 g/mol. The van der Waals surface area contributed by atoms with Gasteiger partial charge in [0.1, 0.15) is 4.70 Å². The maximum absolute atomic E-state index is 11.9. The number of aromatic nitrogens is 1. The van der Waals surface area contributed by atoms with E-state index in [1.54, 1.807) is 33.3 Å². The molecule has 0 bridgehead atoms. The highest BCUT2D eigenvalue weighted by Crippen LogP contribution is 2.28. The van der Waals surface area contributed by atoms with Gasteiger partial charge in [-0.3, -0.25) is 15.0 Å². The second kappa shape index (κ2) is 10.2. The molecule has 0 aliphatic rings. The molecule has 2 aromatic rings. The van der Waals surface area contributed by atoms with Crippen LogP contribution in [-0.4, -0.2) is 17.5 Å². The lowest BCUT2D eigenvalue weighted by atomic mass is 10.3. The highest BCUT2D eigenvalue weighted by Gasteiger charge is 2.14. The fraction of sp³-hybridized carbons (Fsp3) is 0.333. The predicted molar refractivity (Wildman–Crippen MR) is 102 cm³/mol. The summed E-state index contributed by atoms with van der Waals surface area (Å²) >= 11 is 4.57. The summed E-state index contributed by atoms with van der Waals surface area (Å²) in [4.78, 5) is 24.0. The Hall–Kier alpha value is -1.64. The van der Waals surface area contributed by atoms with Crippen LogP contribution < -0.4 is 22.1 Å². The highest BCUT2D eigenvalue weighted by atomic mass is 79.9. The summed E-state index contributed by atoms with van der Waals surface area (Å²) in [6.07, 6.45) is 1.69. The Morgan fingerprint density at radius 2 is 1.96 bits per heavy atom. The number of pyridine rings is 1. The lowest BCUT2D eigenvalue weighted by Crippen LogP contribution is -2.33. The lowest BCUT2D eigenvalue weighted by Gasteiger charge is -1.98. The molecule has 0 fully saturated rings. The Kier molecular flexibility index (Phi) is 9.47. The number of fused-ring (bicyclic) bond motifs is 1. The number of nitrogens with zero attached hydrogens (tertiary/aromatic N) is 1. The lowest BCUT2D eigenvalue weighted by molar-refractivity contribution is 0.0942. The molecular formula is C15H23BrN4O2S. The number of amides is 1. The van der Waals surface area contributed by atoms with E-state index in [1.807, 2.05) is 13.8 Å². The zero-order chi connectivity index (χ0) is 18.2. The number of carbonyl (C=O) groups is 1. The number of nitrogens with two attached hydrogens (primary N) is 1. The normalized spacial score (nSPS) is 9.30. The number of hydrogen-bond donors (Lipinski definition) is 3. The minimum absolute atomic E-state index is 0.100. The number of hydrogen-bond acceptors (Lipinski definition) is 5. The number of halogens is 1. The van der Waals surface area contributed by atoms with Crippen LogP contribution in [0.2, 0.25) is 0 Å². The van der Waals surface area contributed by atoms with E-state index in [4.69, 9.17) is 5.73 Å². The Labute approximate surface area is 148 Å². The van der Waals surface area contributed by atoms with E-state index in [-0.39, 0.29) is 11.5 Å². The first-order valence-corrected chi connectivity index (χ1v) is 8.55. The van der Waals surface area contributed by atoms with Gasteiger partial charge in [-0.15, -0.1) is 11.3 Å². The predicted octanol–water partition coefficient (Wildman–Crippen LogP) is 2.73. The van der Waals surface area contributed by atoms with E-state index in [0.29, 0.717) is 15.3 Å². The molecule has 128 valence electrons. The number of allylic oxidation sites excluding steroid dienone is 1. The van der Waals surface area contributed by atoms with Gasteiger partial charge in [0.15, 0.2) is 0 Å². The van der Waals surface area contributed by atoms with Crippen molar-refractivity contribution in [2.75, 3.05) is 7.05 Å². The summed E-state index contributed by atoms with van der Waals surface area (Å²) in [7, 11) is 3.29. The zero-order valence-electron chi connectivity index (χ0n) is 14.0. The average molecular weight is 403 g/mol. The summed E-state index contributed by atoms with van der Waals surface area (Å²) < 4.78 is 2.86. The van der Waals surface area contributed by atoms with Crippen molar-refractivity contribution in [3.63, 3.8) is 0 Å². The molecule has 0 aromatic carbocycles. The molecule has 0 aliphatic carbocycles. The molecule has 6 nitrogen and oxygen atoms in total. The van der Waals surface area contributed by atoms with E-state index in [9.17, 15) is 9.59 Å². The second-order valence-corrected chi connectivity index (χ2v) is 6.20. The fourth-order valence-corrected chi connectivity index (χ4v) is 3.27. The third-order valence-electron chi connectivity index (χ3n) is 2.27. The summed E-state index contributed by atoms with van der Waals surface area (Å²) in [6, 6.07) is 1.71. The smallest absolute Gasteiger partial charge is 0.275 e. The second-order valence-electron chi connectivity index (χ2n) is 4.30.